The molecule has 23 heavy (non-hydrogen) atoms. The number of nitrogens with zero attached hydrogens (tertiary/aromatic N) is 1. The van der Waals surface area contributed by atoms with Gasteiger partial charge in [0.1, 0.15) is 5.69 Å². The van der Waals surface area contributed by atoms with Gasteiger partial charge in [-0.25, -0.2) is 4.98 Å². The van der Waals surface area contributed by atoms with Crippen LogP contribution in [0.5, 0.6) is 0 Å². The van der Waals surface area contributed by atoms with E-state index in [0.29, 0.717) is 17.1 Å². The quantitative estimate of drug-likeness (QED) is 0.645. The zero-order valence-corrected chi connectivity index (χ0v) is 13.5. The van der Waals surface area contributed by atoms with E-state index < -0.39 is 0 Å². The molecule has 1 aromatic carbocycles. The maximum absolute atomic E-state index is 12.4. The Morgan fingerprint density at radius 2 is 2.09 bits per heavy atom. The van der Waals surface area contributed by atoms with Crippen molar-refractivity contribution >= 4 is 23.4 Å². The molecule has 3 N–H and O–H groups in total. The molecule has 4 nitrogen and oxygen atoms in total. The number of nitrogens with one attached hydrogen (secondary N) is 1. The Hall–Kier alpha value is -2.88. The van der Waals surface area contributed by atoms with E-state index in [1.54, 1.807) is 12.1 Å². The largest absolute Gasteiger partial charge is 0.398 e. The third-order valence-corrected chi connectivity index (χ3v) is 3.58. The van der Waals surface area contributed by atoms with Gasteiger partial charge in [0.2, 0.25) is 0 Å². The second kappa shape index (κ2) is 7.40. The maximum Gasteiger partial charge on any atom is 0.274 e. The van der Waals surface area contributed by atoms with Crippen molar-refractivity contribution in [1.82, 2.24) is 4.98 Å². The average molecular weight is 307 g/mol. The summed E-state index contributed by atoms with van der Waals surface area (Å²) in [5, 5.41) is 2.85. The third kappa shape index (κ3) is 4.07. The third-order valence-electron chi connectivity index (χ3n) is 3.58. The minimum Gasteiger partial charge on any atom is -0.398 e. The minimum absolute atomic E-state index is 0.247. The van der Waals surface area contributed by atoms with Crippen molar-refractivity contribution < 1.29 is 4.79 Å². The Morgan fingerprint density at radius 1 is 1.30 bits per heavy atom. The molecule has 0 aliphatic carbocycles. The zero-order chi connectivity index (χ0) is 16.8. The molecule has 0 bridgehead atoms. The summed E-state index contributed by atoms with van der Waals surface area (Å²) < 4.78 is 0. The number of pyridine rings is 1. The summed E-state index contributed by atoms with van der Waals surface area (Å²) >= 11 is 0. The molecule has 2 aromatic rings. The van der Waals surface area contributed by atoms with Crippen LogP contribution in [0.15, 0.2) is 49.1 Å². The van der Waals surface area contributed by atoms with Crippen LogP contribution < -0.4 is 11.1 Å². The van der Waals surface area contributed by atoms with Crippen LogP contribution in [-0.4, -0.2) is 10.9 Å². The molecule has 0 aliphatic rings. The molecule has 2 rings (SSSR count). The summed E-state index contributed by atoms with van der Waals surface area (Å²) in [6.07, 6.45) is 6.62. The van der Waals surface area contributed by atoms with Crippen molar-refractivity contribution in [2.75, 3.05) is 11.1 Å². The second-order valence-electron chi connectivity index (χ2n) is 5.27. The number of anilines is 2. The van der Waals surface area contributed by atoms with Crippen LogP contribution >= 0.6 is 0 Å². The topological polar surface area (TPSA) is 68.0 Å². The number of carbonyl (C=O) groups is 1. The summed E-state index contributed by atoms with van der Waals surface area (Å²) in [6.45, 7) is 7.43. The first-order chi connectivity index (χ1) is 11.0. The van der Waals surface area contributed by atoms with Crippen LogP contribution in [0.1, 0.15) is 33.7 Å². The Morgan fingerprint density at radius 3 is 2.78 bits per heavy atom. The van der Waals surface area contributed by atoms with Gasteiger partial charge in [0, 0.05) is 17.1 Å². The minimum atomic E-state index is -0.247. The normalized spacial score (nSPS) is 10.7. The van der Waals surface area contributed by atoms with E-state index in [4.69, 9.17) is 5.73 Å². The molecular weight excluding hydrogens is 286 g/mol. The number of hydrogen-bond donors (Lipinski definition) is 2. The molecule has 0 radical (unpaired) electrons. The predicted molar refractivity (Wildman–Crippen MR) is 96.4 cm³/mol. The predicted octanol–water partition coefficient (Wildman–Crippen LogP) is 4.12. The van der Waals surface area contributed by atoms with E-state index in [1.165, 1.54) is 0 Å². The Kier molecular flexibility index (Phi) is 5.31. The van der Waals surface area contributed by atoms with E-state index in [0.717, 1.165) is 23.2 Å². The van der Waals surface area contributed by atoms with Crippen molar-refractivity contribution in [3.05, 3.63) is 71.6 Å². The number of carbonyl (C=O) groups excluding carboxylic acids is 1. The Balaban J connectivity index is 2.18. The molecule has 0 unspecified atom stereocenters. The van der Waals surface area contributed by atoms with Gasteiger partial charge >= 0.3 is 0 Å². The van der Waals surface area contributed by atoms with Crippen LogP contribution in [0.2, 0.25) is 0 Å². The lowest BCUT2D eigenvalue weighted by atomic mass is 10.1. The van der Waals surface area contributed by atoms with E-state index in [-0.39, 0.29) is 5.91 Å². The molecule has 0 saturated heterocycles. The number of hydrogen-bond acceptors (Lipinski definition) is 3. The SMILES string of the molecule is C=CC/C=C\c1ccc(C(=O)Nc2cccc(N)c2C)nc1C. The molecule has 0 aliphatic heterocycles. The first-order valence-electron chi connectivity index (χ1n) is 7.44. The van der Waals surface area contributed by atoms with Crippen LogP contribution in [0.25, 0.3) is 6.08 Å². The highest BCUT2D eigenvalue weighted by molar-refractivity contribution is 6.03. The van der Waals surface area contributed by atoms with Gasteiger partial charge in [0.15, 0.2) is 0 Å². The molecule has 1 aromatic heterocycles. The highest BCUT2D eigenvalue weighted by Crippen LogP contribution is 2.21. The van der Waals surface area contributed by atoms with Crippen molar-refractivity contribution in [1.29, 1.82) is 0 Å². The van der Waals surface area contributed by atoms with Crippen LogP contribution in [0.3, 0.4) is 0 Å². The molecule has 118 valence electrons. The molecule has 0 saturated carbocycles. The van der Waals surface area contributed by atoms with Gasteiger partial charge < -0.3 is 11.1 Å². The molecule has 0 fully saturated rings. The highest BCUT2D eigenvalue weighted by atomic mass is 16.1. The van der Waals surface area contributed by atoms with Crippen LogP contribution in [0.4, 0.5) is 11.4 Å². The Labute approximate surface area is 136 Å². The fraction of sp³-hybridized carbons (Fsp3) is 0.158. The second-order valence-corrected chi connectivity index (χ2v) is 5.27. The molecule has 0 atom stereocenters. The maximum atomic E-state index is 12.4. The van der Waals surface area contributed by atoms with Gasteiger partial charge in [-0.15, -0.1) is 6.58 Å². The van der Waals surface area contributed by atoms with Crippen LogP contribution in [0, 0.1) is 13.8 Å². The number of nitrogen functional groups attached to an aromatic ring is 1. The van der Waals surface area contributed by atoms with Gasteiger partial charge in [-0.2, -0.15) is 0 Å². The summed E-state index contributed by atoms with van der Waals surface area (Å²) in [4.78, 5) is 16.7. The lowest BCUT2D eigenvalue weighted by Crippen LogP contribution is -2.15. The first kappa shape index (κ1) is 16.5. The monoisotopic (exact) mass is 307 g/mol. The number of aryl methyl sites for hydroxylation is 1. The van der Waals surface area contributed by atoms with E-state index in [2.05, 4.69) is 16.9 Å². The van der Waals surface area contributed by atoms with Gasteiger partial charge in [0.05, 0.1) is 0 Å². The van der Waals surface area contributed by atoms with Crippen LogP contribution in [-0.2, 0) is 0 Å². The standard InChI is InChI=1S/C19H21N3O/c1-4-5-6-8-15-11-12-18(21-14(15)3)19(23)22-17-10-7-9-16(20)13(17)2/h4,6-12H,1,5,20H2,2-3H3,(H,22,23)/b8-6-. The number of amides is 1. The Bertz CT molecular complexity index is 763. The first-order valence-corrected chi connectivity index (χ1v) is 7.44. The fourth-order valence-electron chi connectivity index (χ4n) is 2.14. The smallest absolute Gasteiger partial charge is 0.274 e. The summed E-state index contributed by atoms with van der Waals surface area (Å²) in [6, 6.07) is 9.05. The number of nitrogens with two attached hydrogens (primary N) is 1. The van der Waals surface area contributed by atoms with E-state index in [1.807, 2.05) is 50.3 Å². The average Bonchev–Trinajstić information content (AvgIpc) is 2.53. The number of rotatable bonds is 5. The van der Waals surface area contributed by atoms with Gasteiger partial charge in [-0.05, 0) is 49.6 Å². The number of aromatic nitrogens is 1. The lowest BCUT2D eigenvalue weighted by Gasteiger charge is -2.10. The van der Waals surface area contributed by atoms with Crippen molar-refractivity contribution in [3.63, 3.8) is 0 Å². The van der Waals surface area contributed by atoms with Gasteiger partial charge in [-0.3, -0.25) is 4.79 Å². The summed E-state index contributed by atoms with van der Waals surface area (Å²) in [5.41, 5.74) is 10.2. The fourth-order valence-corrected chi connectivity index (χ4v) is 2.14. The molecule has 1 heterocycles. The van der Waals surface area contributed by atoms with Crippen molar-refractivity contribution in [2.24, 2.45) is 0 Å². The highest BCUT2D eigenvalue weighted by Gasteiger charge is 2.11. The lowest BCUT2D eigenvalue weighted by molar-refractivity contribution is 0.102. The van der Waals surface area contributed by atoms with E-state index in [9.17, 15) is 4.79 Å². The van der Waals surface area contributed by atoms with Crippen molar-refractivity contribution in [3.8, 4) is 0 Å². The number of benzene rings is 1. The van der Waals surface area contributed by atoms with Gasteiger partial charge in [0.25, 0.3) is 5.91 Å². The molecule has 1 amide bonds. The summed E-state index contributed by atoms with van der Waals surface area (Å²) in [7, 11) is 0. The summed E-state index contributed by atoms with van der Waals surface area (Å²) in [5.74, 6) is -0.247. The molecular formula is C19H21N3O. The molecule has 0 spiro atoms. The number of allylic oxidation sites excluding steroid dienone is 2. The zero-order valence-electron chi connectivity index (χ0n) is 13.5. The van der Waals surface area contributed by atoms with E-state index >= 15 is 0 Å². The van der Waals surface area contributed by atoms with Crippen molar-refractivity contribution in [2.45, 2.75) is 20.3 Å². The van der Waals surface area contributed by atoms with Gasteiger partial charge in [-0.1, -0.05) is 30.4 Å². The molecule has 4 heteroatoms.